The van der Waals surface area contributed by atoms with Crippen molar-refractivity contribution >= 4 is 27.3 Å². The number of amides is 1. The largest absolute Gasteiger partial charge is 0.325 e. The van der Waals surface area contributed by atoms with Gasteiger partial charge in [-0.3, -0.25) is 9.52 Å². The Morgan fingerprint density at radius 1 is 1.30 bits per heavy atom. The van der Waals surface area contributed by atoms with Crippen LogP contribution in [0.25, 0.3) is 0 Å². The van der Waals surface area contributed by atoms with Crippen LogP contribution in [0.3, 0.4) is 0 Å². The summed E-state index contributed by atoms with van der Waals surface area (Å²) in [5, 5.41) is 5.79. The highest BCUT2D eigenvalue weighted by Gasteiger charge is 2.06. The number of anilines is 2. The fourth-order valence-electron chi connectivity index (χ4n) is 1.49. The van der Waals surface area contributed by atoms with Gasteiger partial charge >= 0.3 is 0 Å². The maximum atomic E-state index is 11.7. The molecule has 3 N–H and O–H groups in total. The summed E-state index contributed by atoms with van der Waals surface area (Å²) in [6, 6.07) is 6.84. The first kappa shape index (κ1) is 16.5. The van der Waals surface area contributed by atoms with E-state index in [1.165, 1.54) is 0 Å². The summed E-state index contributed by atoms with van der Waals surface area (Å²) in [6.07, 6.45) is 2.02. The monoisotopic (exact) mass is 299 g/mol. The first-order valence-corrected chi connectivity index (χ1v) is 8.30. The summed E-state index contributed by atoms with van der Waals surface area (Å²) in [6.45, 7) is 4.26. The lowest BCUT2D eigenvalue weighted by Crippen LogP contribution is -2.33. The van der Waals surface area contributed by atoms with Crippen LogP contribution in [0.2, 0.25) is 0 Å². The van der Waals surface area contributed by atoms with Gasteiger partial charge in [-0.1, -0.05) is 13.0 Å². The molecule has 0 aromatic heterocycles. The van der Waals surface area contributed by atoms with Gasteiger partial charge in [0.1, 0.15) is 0 Å². The van der Waals surface area contributed by atoms with Crippen molar-refractivity contribution in [2.45, 2.75) is 26.3 Å². The third-order valence-electron chi connectivity index (χ3n) is 2.67. The highest BCUT2D eigenvalue weighted by Crippen LogP contribution is 2.15. The Hall–Kier alpha value is -1.60. The van der Waals surface area contributed by atoms with Gasteiger partial charge in [-0.05, 0) is 31.5 Å². The highest BCUT2D eigenvalue weighted by molar-refractivity contribution is 7.92. The van der Waals surface area contributed by atoms with Crippen LogP contribution >= 0.6 is 0 Å². The quantitative estimate of drug-likeness (QED) is 0.710. The van der Waals surface area contributed by atoms with Gasteiger partial charge in [-0.25, -0.2) is 8.42 Å². The Balaban J connectivity index is 2.60. The van der Waals surface area contributed by atoms with Gasteiger partial charge in [0.2, 0.25) is 15.9 Å². The van der Waals surface area contributed by atoms with Gasteiger partial charge in [0.25, 0.3) is 0 Å². The maximum Gasteiger partial charge on any atom is 0.238 e. The molecule has 6 nitrogen and oxygen atoms in total. The van der Waals surface area contributed by atoms with Gasteiger partial charge < -0.3 is 10.6 Å². The van der Waals surface area contributed by atoms with Crippen molar-refractivity contribution in [3.05, 3.63) is 24.3 Å². The molecule has 0 aliphatic rings. The van der Waals surface area contributed by atoms with Crippen LogP contribution in [0, 0.1) is 0 Å². The Bertz CT molecular complexity index is 558. The van der Waals surface area contributed by atoms with Crippen molar-refractivity contribution in [3.63, 3.8) is 0 Å². The SMILES string of the molecule is CCC(C)NCC(=O)Nc1cccc(NS(C)(=O)=O)c1. The van der Waals surface area contributed by atoms with Gasteiger partial charge in [0.05, 0.1) is 18.5 Å². The van der Waals surface area contributed by atoms with E-state index in [0.717, 1.165) is 12.7 Å². The zero-order valence-electron chi connectivity index (χ0n) is 11.9. The number of carbonyl (C=O) groups excluding carboxylic acids is 1. The molecule has 0 aliphatic heterocycles. The minimum Gasteiger partial charge on any atom is -0.325 e. The van der Waals surface area contributed by atoms with Crippen molar-refractivity contribution in [2.75, 3.05) is 22.8 Å². The van der Waals surface area contributed by atoms with E-state index < -0.39 is 10.0 Å². The summed E-state index contributed by atoms with van der Waals surface area (Å²) < 4.78 is 24.6. The molecule has 0 aliphatic carbocycles. The Kier molecular flexibility index (Phi) is 5.97. The predicted molar refractivity (Wildman–Crippen MR) is 81.3 cm³/mol. The van der Waals surface area contributed by atoms with E-state index in [1.807, 2.05) is 13.8 Å². The molecule has 1 aromatic carbocycles. The van der Waals surface area contributed by atoms with Gasteiger partial charge in [0.15, 0.2) is 0 Å². The Morgan fingerprint density at radius 2 is 1.95 bits per heavy atom. The van der Waals surface area contributed by atoms with Crippen LogP contribution in [0.4, 0.5) is 11.4 Å². The van der Waals surface area contributed by atoms with Crippen LogP contribution in [0.1, 0.15) is 20.3 Å². The molecule has 0 saturated carbocycles. The minimum absolute atomic E-state index is 0.165. The molecule has 1 amide bonds. The van der Waals surface area contributed by atoms with Crippen molar-refractivity contribution < 1.29 is 13.2 Å². The van der Waals surface area contributed by atoms with Crippen molar-refractivity contribution in [1.82, 2.24) is 5.32 Å². The van der Waals surface area contributed by atoms with Crippen molar-refractivity contribution in [2.24, 2.45) is 0 Å². The predicted octanol–water partition coefficient (Wildman–Crippen LogP) is 1.38. The lowest BCUT2D eigenvalue weighted by atomic mass is 10.2. The number of hydrogen-bond donors (Lipinski definition) is 3. The second-order valence-electron chi connectivity index (χ2n) is 4.69. The van der Waals surface area contributed by atoms with E-state index in [2.05, 4.69) is 15.4 Å². The standard InChI is InChI=1S/C13H21N3O3S/c1-4-10(2)14-9-13(17)15-11-6-5-7-12(8-11)16-20(3,18)19/h5-8,10,14,16H,4,9H2,1-3H3,(H,15,17). The smallest absolute Gasteiger partial charge is 0.238 e. The molecule has 1 unspecified atom stereocenters. The number of hydrogen-bond acceptors (Lipinski definition) is 4. The molecule has 1 atom stereocenters. The number of benzene rings is 1. The Morgan fingerprint density at radius 3 is 2.55 bits per heavy atom. The summed E-state index contributed by atoms with van der Waals surface area (Å²) >= 11 is 0. The average molecular weight is 299 g/mol. The molecule has 0 heterocycles. The van der Waals surface area contributed by atoms with Crippen molar-refractivity contribution in [1.29, 1.82) is 0 Å². The summed E-state index contributed by atoms with van der Waals surface area (Å²) in [5.41, 5.74) is 0.967. The molecule has 0 fully saturated rings. The molecule has 20 heavy (non-hydrogen) atoms. The molecule has 0 bridgehead atoms. The molecule has 0 radical (unpaired) electrons. The molecule has 7 heteroatoms. The molecule has 1 rings (SSSR count). The fraction of sp³-hybridized carbons (Fsp3) is 0.462. The van der Waals surface area contributed by atoms with Crippen LogP contribution in [-0.2, 0) is 14.8 Å². The zero-order valence-corrected chi connectivity index (χ0v) is 12.8. The third kappa shape index (κ3) is 6.53. The van der Waals surface area contributed by atoms with Gasteiger partial charge in [0, 0.05) is 11.7 Å². The molecular formula is C13H21N3O3S. The lowest BCUT2D eigenvalue weighted by Gasteiger charge is -2.12. The van der Waals surface area contributed by atoms with Crippen molar-refractivity contribution in [3.8, 4) is 0 Å². The molecular weight excluding hydrogens is 278 g/mol. The normalized spacial score (nSPS) is 12.8. The van der Waals surface area contributed by atoms with E-state index in [4.69, 9.17) is 0 Å². The summed E-state index contributed by atoms with van der Waals surface area (Å²) in [5.74, 6) is -0.165. The van der Waals surface area contributed by atoms with E-state index in [9.17, 15) is 13.2 Å². The Labute approximate surface area is 120 Å². The topological polar surface area (TPSA) is 87.3 Å². The molecule has 112 valence electrons. The van der Waals surface area contributed by atoms with E-state index in [-0.39, 0.29) is 18.5 Å². The molecule has 0 saturated heterocycles. The first-order valence-electron chi connectivity index (χ1n) is 6.41. The summed E-state index contributed by atoms with van der Waals surface area (Å²) in [7, 11) is -3.32. The lowest BCUT2D eigenvalue weighted by molar-refractivity contribution is -0.115. The van der Waals surface area contributed by atoms with Gasteiger partial charge in [-0.2, -0.15) is 0 Å². The average Bonchev–Trinajstić information content (AvgIpc) is 2.34. The zero-order chi connectivity index (χ0) is 15.2. The number of carbonyl (C=O) groups is 1. The maximum absolute atomic E-state index is 11.7. The first-order chi connectivity index (χ1) is 9.30. The van der Waals surface area contributed by atoms with Gasteiger partial charge in [-0.15, -0.1) is 0 Å². The van der Waals surface area contributed by atoms with E-state index >= 15 is 0 Å². The fourth-order valence-corrected chi connectivity index (χ4v) is 2.05. The van der Waals surface area contributed by atoms with Crippen LogP contribution in [0.15, 0.2) is 24.3 Å². The van der Waals surface area contributed by atoms with E-state index in [1.54, 1.807) is 24.3 Å². The molecule has 0 spiro atoms. The van der Waals surface area contributed by atoms with E-state index in [0.29, 0.717) is 11.4 Å². The van der Waals surface area contributed by atoms with Crippen LogP contribution in [-0.4, -0.2) is 33.2 Å². The number of sulfonamides is 1. The van der Waals surface area contributed by atoms with Crippen LogP contribution < -0.4 is 15.4 Å². The number of nitrogens with one attached hydrogen (secondary N) is 3. The third-order valence-corrected chi connectivity index (χ3v) is 3.28. The second-order valence-corrected chi connectivity index (χ2v) is 6.44. The molecule has 1 aromatic rings. The number of rotatable bonds is 7. The minimum atomic E-state index is -3.32. The summed E-state index contributed by atoms with van der Waals surface area (Å²) in [4.78, 5) is 11.7. The second kappa shape index (κ2) is 7.25. The van der Waals surface area contributed by atoms with Crippen LogP contribution in [0.5, 0.6) is 0 Å². The highest BCUT2D eigenvalue weighted by atomic mass is 32.2.